The van der Waals surface area contributed by atoms with Gasteiger partial charge in [-0.15, -0.1) is 0 Å². The third-order valence-corrected chi connectivity index (χ3v) is 3.04. The Kier molecular flexibility index (Phi) is 4.52. The van der Waals surface area contributed by atoms with Crippen molar-refractivity contribution in [2.24, 2.45) is 0 Å². The van der Waals surface area contributed by atoms with Crippen LogP contribution in [0.25, 0.3) is 11.3 Å². The maximum Gasteiger partial charge on any atom is 0.120 e. The lowest BCUT2D eigenvalue weighted by molar-refractivity contribution is 0.190. The molecule has 0 bridgehead atoms. The van der Waals surface area contributed by atoms with Gasteiger partial charge in [-0.1, -0.05) is 28.1 Å². The molecule has 1 atom stereocenters. The fourth-order valence-corrected chi connectivity index (χ4v) is 1.89. The van der Waals surface area contributed by atoms with Crippen LogP contribution >= 0.6 is 15.9 Å². The second-order valence-electron chi connectivity index (χ2n) is 4.23. The van der Waals surface area contributed by atoms with Gasteiger partial charge in [-0.3, -0.25) is 0 Å². The van der Waals surface area contributed by atoms with E-state index in [1.807, 2.05) is 30.5 Å². The van der Waals surface area contributed by atoms with Gasteiger partial charge in [-0.2, -0.15) is 0 Å². The van der Waals surface area contributed by atoms with Gasteiger partial charge >= 0.3 is 0 Å². The maximum absolute atomic E-state index is 9.14. The highest BCUT2D eigenvalue weighted by Gasteiger charge is 2.03. The third-order valence-electron chi connectivity index (χ3n) is 2.52. The van der Waals surface area contributed by atoms with Gasteiger partial charge < -0.3 is 15.4 Å². The van der Waals surface area contributed by atoms with E-state index in [0.717, 1.165) is 21.6 Å². The number of nitrogens with one attached hydrogen (secondary N) is 2. The van der Waals surface area contributed by atoms with Crippen LogP contribution in [0.15, 0.2) is 34.9 Å². The van der Waals surface area contributed by atoms with Crippen LogP contribution in [0.3, 0.4) is 0 Å². The molecule has 1 unspecified atom stereocenters. The van der Waals surface area contributed by atoms with Gasteiger partial charge in [0.05, 0.1) is 24.5 Å². The molecule has 1 aromatic heterocycles. The largest absolute Gasteiger partial charge is 0.392 e. The highest BCUT2D eigenvalue weighted by atomic mass is 79.9. The van der Waals surface area contributed by atoms with E-state index in [2.05, 4.69) is 31.2 Å². The average Bonchev–Trinajstić information content (AvgIpc) is 2.78. The molecule has 2 aromatic rings. The smallest absolute Gasteiger partial charge is 0.120 e. The summed E-state index contributed by atoms with van der Waals surface area (Å²) in [6.45, 7) is 2.94. The minimum Gasteiger partial charge on any atom is -0.392 e. The molecule has 1 heterocycles. The molecule has 0 saturated heterocycles. The summed E-state index contributed by atoms with van der Waals surface area (Å²) in [4.78, 5) is 7.55. The molecule has 0 saturated carbocycles. The molecule has 18 heavy (non-hydrogen) atoms. The predicted molar refractivity (Wildman–Crippen MR) is 75.1 cm³/mol. The van der Waals surface area contributed by atoms with Crippen molar-refractivity contribution < 1.29 is 5.11 Å². The normalized spacial score (nSPS) is 12.6. The number of hydrogen-bond donors (Lipinski definition) is 3. The third kappa shape index (κ3) is 3.66. The number of benzene rings is 1. The lowest BCUT2D eigenvalue weighted by Crippen LogP contribution is -2.24. The first-order chi connectivity index (χ1) is 8.65. The summed E-state index contributed by atoms with van der Waals surface area (Å²) >= 11 is 3.41. The number of aromatic amines is 1. The molecule has 1 aromatic carbocycles. The lowest BCUT2D eigenvalue weighted by atomic mass is 10.2. The number of imidazole rings is 1. The van der Waals surface area contributed by atoms with Gasteiger partial charge in [-0.05, 0) is 24.6 Å². The predicted octanol–water partition coefficient (Wildman–Crippen LogP) is 2.31. The maximum atomic E-state index is 9.14. The molecule has 0 spiro atoms. The molecule has 0 fully saturated rings. The SMILES string of the molecule is CC(O)CNCc1ncc(-c2ccc(Br)cc2)[nH]1. The Bertz CT molecular complexity index is 493. The first-order valence-electron chi connectivity index (χ1n) is 5.84. The molecule has 0 aliphatic rings. The summed E-state index contributed by atoms with van der Waals surface area (Å²) < 4.78 is 1.06. The zero-order valence-electron chi connectivity index (χ0n) is 10.2. The lowest BCUT2D eigenvalue weighted by Gasteiger charge is -2.04. The summed E-state index contributed by atoms with van der Waals surface area (Å²) in [5.41, 5.74) is 2.10. The van der Waals surface area contributed by atoms with Gasteiger partial charge in [0.15, 0.2) is 0 Å². The van der Waals surface area contributed by atoms with E-state index in [1.165, 1.54) is 0 Å². The van der Waals surface area contributed by atoms with E-state index in [0.29, 0.717) is 13.1 Å². The molecule has 0 aliphatic carbocycles. The molecular weight excluding hydrogens is 294 g/mol. The van der Waals surface area contributed by atoms with Crippen molar-refractivity contribution in [2.75, 3.05) is 6.54 Å². The van der Waals surface area contributed by atoms with Crippen LogP contribution in [0.1, 0.15) is 12.7 Å². The molecule has 0 amide bonds. The number of halogens is 1. The van der Waals surface area contributed by atoms with Crippen LogP contribution in [0, 0.1) is 0 Å². The van der Waals surface area contributed by atoms with Gasteiger partial charge in [0, 0.05) is 11.0 Å². The summed E-state index contributed by atoms with van der Waals surface area (Å²) in [6, 6.07) is 8.07. The van der Waals surface area contributed by atoms with Crippen molar-refractivity contribution in [3.8, 4) is 11.3 Å². The Morgan fingerprint density at radius 2 is 2.11 bits per heavy atom. The Balaban J connectivity index is 1.99. The second-order valence-corrected chi connectivity index (χ2v) is 5.15. The number of H-pyrrole nitrogens is 1. The zero-order valence-corrected chi connectivity index (χ0v) is 11.7. The van der Waals surface area contributed by atoms with E-state index >= 15 is 0 Å². The summed E-state index contributed by atoms with van der Waals surface area (Å²) in [5.74, 6) is 0.869. The van der Waals surface area contributed by atoms with E-state index in [4.69, 9.17) is 5.11 Å². The van der Waals surface area contributed by atoms with Crippen LogP contribution in [-0.4, -0.2) is 27.7 Å². The number of aliphatic hydroxyl groups excluding tert-OH is 1. The van der Waals surface area contributed by atoms with Crippen molar-refractivity contribution in [3.05, 3.63) is 40.8 Å². The molecule has 0 aliphatic heterocycles. The number of aromatic nitrogens is 2. The quantitative estimate of drug-likeness (QED) is 0.794. The van der Waals surface area contributed by atoms with E-state index in [-0.39, 0.29) is 6.10 Å². The highest BCUT2D eigenvalue weighted by molar-refractivity contribution is 9.10. The number of hydrogen-bond acceptors (Lipinski definition) is 3. The molecule has 3 N–H and O–H groups in total. The summed E-state index contributed by atoms with van der Waals surface area (Å²) in [7, 11) is 0. The van der Waals surface area contributed by atoms with Crippen molar-refractivity contribution >= 4 is 15.9 Å². The second kappa shape index (κ2) is 6.13. The topological polar surface area (TPSA) is 60.9 Å². The molecule has 0 radical (unpaired) electrons. The molecular formula is C13H16BrN3O. The Labute approximate surface area is 115 Å². The van der Waals surface area contributed by atoms with Crippen LogP contribution in [0.2, 0.25) is 0 Å². The molecule has 5 heteroatoms. The number of rotatable bonds is 5. The van der Waals surface area contributed by atoms with Crippen LogP contribution in [0.4, 0.5) is 0 Å². The van der Waals surface area contributed by atoms with E-state index < -0.39 is 0 Å². The van der Waals surface area contributed by atoms with Crippen LogP contribution in [0.5, 0.6) is 0 Å². The fourth-order valence-electron chi connectivity index (χ4n) is 1.63. The Morgan fingerprint density at radius 3 is 2.78 bits per heavy atom. The van der Waals surface area contributed by atoms with Gasteiger partial charge in [-0.25, -0.2) is 4.98 Å². The Hall–Kier alpha value is -1.17. The highest BCUT2D eigenvalue weighted by Crippen LogP contribution is 2.19. The fraction of sp³-hybridized carbons (Fsp3) is 0.308. The van der Waals surface area contributed by atoms with E-state index in [9.17, 15) is 0 Å². The van der Waals surface area contributed by atoms with Crippen LogP contribution < -0.4 is 5.32 Å². The van der Waals surface area contributed by atoms with Crippen molar-refractivity contribution in [3.63, 3.8) is 0 Å². The van der Waals surface area contributed by atoms with Crippen molar-refractivity contribution in [1.29, 1.82) is 0 Å². The van der Waals surface area contributed by atoms with Gasteiger partial charge in [0.25, 0.3) is 0 Å². The standard InChI is InChI=1S/C13H16BrN3O/c1-9(18)6-15-8-13-16-7-12(17-13)10-2-4-11(14)5-3-10/h2-5,7,9,15,18H,6,8H2,1H3,(H,16,17). The molecule has 96 valence electrons. The summed E-state index contributed by atoms with van der Waals surface area (Å²) in [6.07, 6.45) is 1.48. The van der Waals surface area contributed by atoms with Gasteiger partial charge in [0.2, 0.25) is 0 Å². The first kappa shape index (κ1) is 13.3. The minimum absolute atomic E-state index is 0.342. The van der Waals surface area contributed by atoms with Crippen LogP contribution in [-0.2, 0) is 6.54 Å². The average molecular weight is 310 g/mol. The number of aliphatic hydroxyl groups is 1. The molecule has 4 nitrogen and oxygen atoms in total. The van der Waals surface area contributed by atoms with Gasteiger partial charge in [0.1, 0.15) is 5.82 Å². The monoisotopic (exact) mass is 309 g/mol. The van der Waals surface area contributed by atoms with Crippen molar-refractivity contribution in [1.82, 2.24) is 15.3 Å². The van der Waals surface area contributed by atoms with E-state index in [1.54, 1.807) is 6.92 Å². The Morgan fingerprint density at radius 1 is 1.39 bits per heavy atom. The van der Waals surface area contributed by atoms with Crippen molar-refractivity contribution in [2.45, 2.75) is 19.6 Å². The first-order valence-corrected chi connectivity index (χ1v) is 6.63. The zero-order chi connectivity index (χ0) is 13.0. The summed E-state index contributed by atoms with van der Waals surface area (Å²) in [5, 5.41) is 12.3. The molecule has 2 rings (SSSR count). The minimum atomic E-state index is -0.342. The number of nitrogens with zero attached hydrogens (tertiary/aromatic N) is 1.